The third-order valence-corrected chi connectivity index (χ3v) is 6.04. The SMILES string of the molecule is CCCCOc1cc(OCCCC)cc(C(=O)OCC2O[C@H](O)C(C)[C@@H](C)[C@@H]2C)c1. The highest BCUT2D eigenvalue weighted by Crippen LogP contribution is 2.34. The monoisotopic (exact) mass is 422 g/mol. The van der Waals surface area contributed by atoms with Gasteiger partial charge in [-0.1, -0.05) is 47.5 Å². The number of carbonyl (C=O) groups is 1. The van der Waals surface area contributed by atoms with Crippen LogP contribution in [0.3, 0.4) is 0 Å². The highest BCUT2D eigenvalue weighted by Gasteiger charge is 2.38. The van der Waals surface area contributed by atoms with Crippen LogP contribution >= 0.6 is 0 Å². The van der Waals surface area contributed by atoms with Gasteiger partial charge in [0.05, 0.1) is 24.9 Å². The van der Waals surface area contributed by atoms with Crippen molar-refractivity contribution in [3.63, 3.8) is 0 Å². The molecule has 1 aliphatic rings. The molecule has 0 aromatic heterocycles. The van der Waals surface area contributed by atoms with Gasteiger partial charge in [0.15, 0.2) is 6.29 Å². The molecule has 1 fully saturated rings. The van der Waals surface area contributed by atoms with Crippen LogP contribution < -0.4 is 9.47 Å². The highest BCUT2D eigenvalue weighted by atomic mass is 16.6. The van der Waals surface area contributed by atoms with Crippen LogP contribution in [-0.2, 0) is 9.47 Å². The average Bonchev–Trinajstić information content (AvgIpc) is 2.74. The van der Waals surface area contributed by atoms with Gasteiger partial charge < -0.3 is 24.1 Å². The van der Waals surface area contributed by atoms with Crippen LogP contribution in [0.25, 0.3) is 0 Å². The minimum absolute atomic E-state index is 0.0479. The Balaban J connectivity index is 2.04. The number of aliphatic hydroxyl groups excluding tert-OH is 1. The number of esters is 1. The molecule has 0 amide bonds. The van der Waals surface area contributed by atoms with Crippen molar-refractivity contribution >= 4 is 5.97 Å². The Bertz CT molecular complexity index is 633. The molecule has 1 heterocycles. The normalized spacial score (nSPS) is 26.3. The van der Waals surface area contributed by atoms with E-state index in [1.165, 1.54) is 0 Å². The lowest BCUT2D eigenvalue weighted by Gasteiger charge is -2.41. The molecule has 0 aliphatic carbocycles. The first-order chi connectivity index (χ1) is 14.4. The number of ether oxygens (including phenoxy) is 4. The Kier molecular flexibility index (Phi) is 9.92. The van der Waals surface area contributed by atoms with Gasteiger partial charge in [0, 0.05) is 12.0 Å². The standard InChI is InChI=1S/C24H38O6/c1-6-8-10-27-20-12-19(13-21(14-20)28-11-9-7-2)24(26)29-15-22-17(4)16(3)18(5)23(25)30-22/h12-14,16-18,22-23,25H,6-11,15H2,1-5H3/t16-,17-,18?,22?,23-/m0/s1. The van der Waals surface area contributed by atoms with Crippen molar-refractivity contribution in [1.29, 1.82) is 0 Å². The van der Waals surface area contributed by atoms with Crippen LogP contribution in [0.15, 0.2) is 18.2 Å². The minimum atomic E-state index is -0.839. The topological polar surface area (TPSA) is 74.2 Å². The van der Waals surface area contributed by atoms with Crippen molar-refractivity contribution in [3.05, 3.63) is 23.8 Å². The van der Waals surface area contributed by atoms with E-state index in [4.69, 9.17) is 18.9 Å². The van der Waals surface area contributed by atoms with Crippen LogP contribution in [0.4, 0.5) is 0 Å². The van der Waals surface area contributed by atoms with Crippen LogP contribution in [0, 0.1) is 17.8 Å². The molecule has 170 valence electrons. The van der Waals surface area contributed by atoms with Gasteiger partial charge in [0.2, 0.25) is 0 Å². The minimum Gasteiger partial charge on any atom is -0.493 e. The third kappa shape index (κ3) is 6.88. The van der Waals surface area contributed by atoms with Crippen molar-refractivity contribution < 1.29 is 28.8 Å². The number of rotatable bonds is 11. The molecule has 0 bridgehead atoms. The van der Waals surface area contributed by atoms with E-state index in [2.05, 4.69) is 27.7 Å². The number of hydrogen-bond acceptors (Lipinski definition) is 6. The first-order valence-electron chi connectivity index (χ1n) is 11.3. The third-order valence-electron chi connectivity index (χ3n) is 6.04. The zero-order valence-electron chi connectivity index (χ0n) is 19.1. The lowest BCUT2D eigenvalue weighted by molar-refractivity contribution is -0.232. The van der Waals surface area contributed by atoms with Gasteiger partial charge in [0.1, 0.15) is 18.1 Å². The number of aliphatic hydroxyl groups is 1. The average molecular weight is 423 g/mol. The van der Waals surface area contributed by atoms with E-state index in [9.17, 15) is 9.90 Å². The zero-order valence-corrected chi connectivity index (χ0v) is 19.1. The fourth-order valence-electron chi connectivity index (χ4n) is 3.46. The molecule has 2 rings (SSSR count). The summed E-state index contributed by atoms with van der Waals surface area (Å²) in [6.45, 7) is 11.6. The molecule has 1 N–H and O–H groups in total. The van der Waals surface area contributed by atoms with Crippen molar-refractivity contribution in [2.75, 3.05) is 19.8 Å². The Morgan fingerprint density at radius 3 is 2.03 bits per heavy atom. The summed E-state index contributed by atoms with van der Waals surface area (Å²) < 4.78 is 22.8. The number of unbranched alkanes of at least 4 members (excludes halogenated alkanes) is 2. The molecule has 0 saturated carbocycles. The lowest BCUT2D eigenvalue weighted by atomic mass is 9.79. The molecule has 6 nitrogen and oxygen atoms in total. The van der Waals surface area contributed by atoms with E-state index >= 15 is 0 Å². The van der Waals surface area contributed by atoms with E-state index in [0.717, 1.165) is 25.7 Å². The predicted molar refractivity (Wildman–Crippen MR) is 116 cm³/mol. The predicted octanol–water partition coefficient (Wildman–Crippen LogP) is 4.83. The molecule has 6 heteroatoms. The fraction of sp³-hybridized carbons (Fsp3) is 0.708. The zero-order chi connectivity index (χ0) is 22.1. The van der Waals surface area contributed by atoms with E-state index in [1.54, 1.807) is 12.1 Å². The van der Waals surface area contributed by atoms with E-state index in [-0.39, 0.29) is 30.5 Å². The molecule has 1 aliphatic heterocycles. The second kappa shape index (κ2) is 12.2. The van der Waals surface area contributed by atoms with E-state index in [0.29, 0.717) is 30.3 Å². The summed E-state index contributed by atoms with van der Waals surface area (Å²) >= 11 is 0. The van der Waals surface area contributed by atoms with Gasteiger partial charge >= 0.3 is 5.97 Å². The maximum Gasteiger partial charge on any atom is 0.338 e. The summed E-state index contributed by atoms with van der Waals surface area (Å²) in [5.41, 5.74) is 0.390. The summed E-state index contributed by atoms with van der Waals surface area (Å²) in [5, 5.41) is 10.1. The largest absolute Gasteiger partial charge is 0.493 e. The van der Waals surface area contributed by atoms with Crippen LogP contribution in [0.1, 0.15) is 70.7 Å². The van der Waals surface area contributed by atoms with Gasteiger partial charge in [-0.3, -0.25) is 0 Å². The smallest absolute Gasteiger partial charge is 0.338 e. The molecule has 1 aromatic rings. The Morgan fingerprint density at radius 1 is 0.933 bits per heavy atom. The second-order valence-electron chi connectivity index (χ2n) is 8.34. The summed E-state index contributed by atoms with van der Waals surface area (Å²) in [6.07, 6.45) is 2.77. The number of hydrogen-bond donors (Lipinski definition) is 1. The first kappa shape index (κ1) is 24.5. The van der Waals surface area contributed by atoms with E-state index in [1.807, 2.05) is 13.0 Å². The summed E-state index contributed by atoms with van der Waals surface area (Å²) in [4.78, 5) is 12.7. The fourth-order valence-corrected chi connectivity index (χ4v) is 3.46. The van der Waals surface area contributed by atoms with Gasteiger partial charge in [-0.25, -0.2) is 4.79 Å². The molecule has 1 saturated heterocycles. The number of benzene rings is 1. The van der Waals surface area contributed by atoms with Crippen LogP contribution in [0.5, 0.6) is 11.5 Å². The van der Waals surface area contributed by atoms with Crippen molar-refractivity contribution in [2.24, 2.45) is 17.8 Å². The van der Waals surface area contributed by atoms with Crippen molar-refractivity contribution in [3.8, 4) is 11.5 Å². The van der Waals surface area contributed by atoms with E-state index < -0.39 is 12.3 Å². The quantitative estimate of drug-likeness (QED) is 0.407. The van der Waals surface area contributed by atoms with Gasteiger partial charge in [-0.15, -0.1) is 0 Å². The Hall–Kier alpha value is -1.79. The molecule has 0 spiro atoms. The number of carbonyl (C=O) groups excluding carboxylic acids is 1. The molecular formula is C24H38O6. The van der Waals surface area contributed by atoms with Crippen LogP contribution in [0.2, 0.25) is 0 Å². The van der Waals surface area contributed by atoms with Gasteiger partial charge in [-0.05, 0) is 36.8 Å². The van der Waals surface area contributed by atoms with Gasteiger partial charge in [0.25, 0.3) is 0 Å². The summed E-state index contributed by atoms with van der Waals surface area (Å²) in [5.74, 6) is 1.24. The molecular weight excluding hydrogens is 384 g/mol. The lowest BCUT2D eigenvalue weighted by Crippen LogP contribution is -2.46. The highest BCUT2D eigenvalue weighted by molar-refractivity contribution is 5.90. The van der Waals surface area contributed by atoms with Crippen molar-refractivity contribution in [1.82, 2.24) is 0 Å². The maximum atomic E-state index is 12.7. The summed E-state index contributed by atoms with van der Waals surface area (Å²) in [7, 11) is 0. The second-order valence-corrected chi connectivity index (χ2v) is 8.34. The first-order valence-corrected chi connectivity index (χ1v) is 11.3. The molecule has 1 aromatic carbocycles. The van der Waals surface area contributed by atoms with Crippen molar-refractivity contribution in [2.45, 2.75) is 72.7 Å². The Morgan fingerprint density at radius 2 is 1.50 bits per heavy atom. The molecule has 2 unspecified atom stereocenters. The molecule has 30 heavy (non-hydrogen) atoms. The Labute approximate surface area is 180 Å². The molecule has 5 atom stereocenters. The summed E-state index contributed by atoms with van der Waals surface area (Å²) in [6, 6.07) is 5.19. The molecule has 0 radical (unpaired) electrons. The maximum absolute atomic E-state index is 12.7. The van der Waals surface area contributed by atoms with Gasteiger partial charge in [-0.2, -0.15) is 0 Å². The van der Waals surface area contributed by atoms with Crippen LogP contribution in [-0.4, -0.2) is 43.3 Å².